The van der Waals surface area contributed by atoms with Gasteiger partial charge in [0, 0.05) is 24.5 Å². The van der Waals surface area contributed by atoms with Crippen LogP contribution in [0.5, 0.6) is 0 Å². The van der Waals surface area contributed by atoms with Gasteiger partial charge in [-0.15, -0.1) is 10.2 Å². The second-order valence-electron chi connectivity index (χ2n) is 6.60. The molecule has 1 aliphatic heterocycles. The van der Waals surface area contributed by atoms with Crippen molar-refractivity contribution in [1.82, 2.24) is 10.2 Å². The molecular formula is C21H20FN5O. The van der Waals surface area contributed by atoms with E-state index in [0.717, 1.165) is 18.8 Å². The van der Waals surface area contributed by atoms with Crippen molar-refractivity contribution in [3.05, 3.63) is 72.2 Å². The molecule has 3 aromatic rings. The van der Waals surface area contributed by atoms with Gasteiger partial charge in [-0.05, 0) is 61.4 Å². The number of nitrogens with one attached hydrogen (secondary N) is 2. The summed E-state index contributed by atoms with van der Waals surface area (Å²) >= 11 is 0. The topological polar surface area (TPSA) is 70.2 Å². The molecule has 1 fully saturated rings. The van der Waals surface area contributed by atoms with E-state index in [1.165, 1.54) is 30.7 Å². The first-order valence-corrected chi connectivity index (χ1v) is 9.21. The van der Waals surface area contributed by atoms with Crippen LogP contribution < -0.4 is 15.5 Å². The van der Waals surface area contributed by atoms with Gasteiger partial charge in [-0.2, -0.15) is 0 Å². The number of amides is 1. The van der Waals surface area contributed by atoms with Crippen LogP contribution in [0.1, 0.15) is 23.3 Å². The predicted molar refractivity (Wildman–Crippen MR) is 108 cm³/mol. The highest BCUT2D eigenvalue weighted by molar-refractivity contribution is 6.02. The van der Waals surface area contributed by atoms with E-state index in [1.54, 1.807) is 24.3 Å². The molecule has 2 N–H and O–H groups in total. The molecule has 0 unspecified atom stereocenters. The first-order valence-electron chi connectivity index (χ1n) is 9.21. The zero-order valence-electron chi connectivity index (χ0n) is 15.2. The average Bonchev–Trinajstić information content (AvgIpc) is 3.26. The molecule has 6 nitrogen and oxygen atoms in total. The smallest absolute Gasteiger partial charge is 0.276 e. The SMILES string of the molecule is O=C(Nc1ccccc1F)c1ccc(Nc2ccc(N3CCCC3)cc2)nn1. The Kier molecular flexibility index (Phi) is 5.14. The number of hydrogen-bond donors (Lipinski definition) is 2. The largest absolute Gasteiger partial charge is 0.372 e. The fourth-order valence-electron chi connectivity index (χ4n) is 3.15. The van der Waals surface area contributed by atoms with Crippen molar-refractivity contribution in [2.45, 2.75) is 12.8 Å². The number of para-hydroxylation sites is 1. The normalized spacial score (nSPS) is 13.4. The molecule has 0 aliphatic carbocycles. The summed E-state index contributed by atoms with van der Waals surface area (Å²) in [7, 11) is 0. The zero-order chi connectivity index (χ0) is 19.3. The summed E-state index contributed by atoms with van der Waals surface area (Å²) in [5.41, 5.74) is 2.32. The lowest BCUT2D eigenvalue weighted by Gasteiger charge is -2.17. The minimum Gasteiger partial charge on any atom is -0.372 e. The predicted octanol–water partition coefficient (Wildman–Crippen LogP) is 4.21. The third-order valence-corrected chi connectivity index (χ3v) is 4.63. The maximum absolute atomic E-state index is 13.6. The van der Waals surface area contributed by atoms with Gasteiger partial charge in [-0.25, -0.2) is 4.39 Å². The van der Waals surface area contributed by atoms with E-state index in [4.69, 9.17) is 0 Å². The van der Waals surface area contributed by atoms with Gasteiger partial charge in [0.1, 0.15) is 5.82 Å². The standard InChI is InChI=1S/C21H20FN5O/c22-17-5-1-2-6-18(17)24-21(28)19-11-12-20(26-25-19)23-15-7-9-16(10-8-15)27-13-3-4-14-27/h1-2,5-12H,3-4,13-14H2,(H,23,26)(H,24,28). The second kappa shape index (κ2) is 8.04. The average molecular weight is 377 g/mol. The number of hydrogen-bond acceptors (Lipinski definition) is 5. The quantitative estimate of drug-likeness (QED) is 0.697. The number of nitrogens with zero attached hydrogens (tertiary/aromatic N) is 3. The van der Waals surface area contributed by atoms with E-state index >= 15 is 0 Å². The van der Waals surface area contributed by atoms with E-state index in [1.807, 2.05) is 12.1 Å². The van der Waals surface area contributed by atoms with Crippen molar-refractivity contribution >= 4 is 28.8 Å². The first kappa shape index (κ1) is 17.9. The Hall–Kier alpha value is -3.48. The van der Waals surface area contributed by atoms with Gasteiger partial charge in [0.05, 0.1) is 5.69 Å². The number of carbonyl (C=O) groups is 1. The zero-order valence-corrected chi connectivity index (χ0v) is 15.2. The maximum atomic E-state index is 13.6. The second-order valence-corrected chi connectivity index (χ2v) is 6.60. The lowest BCUT2D eigenvalue weighted by atomic mass is 10.2. The van der Waals surface area contributed by atoms with Crippen molar-refractivity contribution in [2.24, 2.45) is 0 Å². The van der Waals surface area contributed by atoms with Crippen LogP contribution in [0.25, 0.3) is 0 Å². The van der Waals surface area contributed by atoms with Crippen LogP contribution in [0, 0.1) is 5.82 Å². The highest BCUT2D eigenvalue weighted by Gasteiger charge is 2.13. The molecule has 1 aliphatic rings. The summed E-state index contributed by atoms with van der Waals surface area (Å²) in [5, 5.41) is 13.6. The van der Waals surface area contributed by atoms with Gasteiger partial charge in [0.2, 0.25) is 0 Å². The number of anilines is 4. The number of aromatic nitrogens is 2. The molecule has 4 rings (SSSR count). The Bertz CT molecular complexity index is 953. The Labute approximate surface area is 162 Å². The molecule has 2 aromatic carbocycles. The third-order valence-electron chi connectivity index (χ3n) is 4.63. The Morgan fingerprint density at radius 1 is 0.929 bits per heavy atom. The summed E-state index contributed by atoms with van der Waals surface area (Å²) in [6, 6.07) is 17.3. The molecule has 1 amide bonds. The Morgan fingerprint density at radius 3 is 2.36 bits per heavy atom. The molecule has 28 heavy (non-hydrogen) atoms. The summed E-state index contributed by atoms with van der Waals surface area (Å²) in [5.74, 6) is -0.491. The van der Waals surface area contributed by atoms with Crippen molar-refractivity contribution < 1.29 is 9.18 Å². The summed E-state index contributed by atoms with van der Waals surface area (Å²) in [6.45, 7) is 2.21. The van der Waals surface area contributed by atoms with Crippen LogP contribution in [0.15, 0.2) is 60.7 Å². The monoisotopic (exact) mass is 377 g/mol. The van der Waals surface area contributed by atoms with Crippen LogP contribution in [0.2, 0.25) is 0 Å². The van der Waals surface area contributed by atoms with E-state index in [-0.39, 0.29) is 11.4 Å². The van der Waals surface area contributed by atoms with Gasteiger partial charge >= 0.3 is 0 Å². The molecule has 0 radical (unpaired) electrons. The molecule has 0 saturated carbocycles. The van der Waals surface area contributed by atoms with Gasteiger partial charge in [-0.1, -0.05) is 12.1 Å². The van der Waals surface area contributed by atoms with E-state index in [0.29, 0.717) is 5.82 Å². The van der Waals surface area contributed by atoms with Crippen molar-refractivity contribution in [3.8, 4) is 0 Å². The van der Waals surface area contributed by atoms with Crippen LogP contribution in [0.4, 0.5) is 27.3 Å². The molecule has 1 saturated heterocycles. The summed E-state index contributed by atoms with van der Waals surface area (Å²) < 4.78 is 13.6. The molecule has 1 aromatic heterocycles. The first-order chi connectivity index (χ1) is 13.7. The summed E-state index contributed by atoms with van der Waals surface area (Å²) in [4.78, 5) is 14.6. The third kappa shape index (κ3) is 4.09. The van der Waals surface area contributed by atoms with E-state index < -0.39 is 11.7 Å². The summed E-state index contributed by atoms with van der Waals surface area (Å²) in [6.07, 6.45) is 2.48. The maximum Gasteiger partial charge on any atom is 0.276 e. The van der Waals surface area contributed by atoms with Gasteiger partial charge in [0.15, 0.2) is 11.5 Å². The van der Waals surface area contributed by atoms with Crippen molar-refractivity contribution in [2.75, 3.05) is 28.6 Å². The van der Waals surface area contributed by atoms with Crippen molar-refractivity contribution in [3.63, 3.8) is 0 Å². The molecule has 0 bridgehead atoms. The Morgan fingerprint density at radius 2 is 1.68 bits per heavy atom. The fourth-order valence-corrected chi connectivity index (χ4v) is 3.15. The van der Waals surface area contributed by atoms with Gasteiger partial charge in [-0.3, -0.25) is 4.79 Å². The number of halogens is 1. The minimum absolute atomic E-state index is 0.106. The molecule has 2 heterocycles. The fraction of sp³-hybridized carbons (Fsp3) is 0.190. The molecule has 142 valence electrons. The lowest BCUT2D eigenvalue weighted by Crippen LogP contribution is -2.17. The van der Waals surface area contributed by atoms with Gasteiger partial charge < -0.3 is 15.5 Å². The number of rotatable bonds is 5. The highest BCUT2D eigenvalue weighted by Crippen LogP contribution is 2.23. The molecule has 0 atom stereocenters. The highest BCUT2D eigenvalue weighted by atomic mass is 19.1. The van der Waals surface area contributed by atoms with Gasteiger partial charge in [0.25, 0.3) is 5.91 Å². The van der Waals surface area contributed by atoms with Crippen molar-refractivity contribution in [1.29, 1.82) is 0 Å². The van der Waals surface area contributed by atoms with Crippen LogP contribution >= 0.6 is 0 Å². The van der Waals surface area contributed by atoms with Crippen LogP contribution in [-0.4, -0.2) is 29.2 Å². The van der Waals surface area contributed by atoms with Crippen LogP contribution in [-0.2, 0) is 0 Å². The molecular weight excluding hydrogens is 357 g/mol. The minimum atomic E-state index is -0.515. The number of carbonyl (C=O) groups excluding carboxylic acids is 1. The Balaban J connectivity index is 1.39. The lowest BCUT2D eigenvalue weighted by molar-refractivity contribution is 0.102. The number of benzene rings is 2. The van der Waals surface area contributed by atoms with E-state index in [2.05, 4.69) is 37.9 Å². The molecule has 7 heteroatoms. The molecule has 0 spiro atoms. The van der Waals surface area contributed by atoms with E-state index in [9.17, 15) is 9.18 Å². The van der Waals surface area contributed by atoms with Crippen LogP contribution in [0.3, 0.4) is 0 Å².